The molecule has 0 bridgehead atoms. The Bertz CT molecular complexity index is 918. The highest BCUT2D eigenvalue weighted by Gasteiger charge is 2.07. The van der Waals surface area contributed by atoms with Gasteiger partial charge >= 0.3 is 0 Å². The van der Waals surface area contributed by atoms with Gasteiger partial charge in [-0.2, -0.15) is 4.98 Å². The number of ether oxygens (including phenoxy) is 2. The SMILES string of the molecule is COc1ccc(Nc2nccc(Nc3ccc(Cl)cc3C)n2)cc1OC. The molecule has 3 aromatic rings. The number of rotatable bonds is 6. The molecule has 3 rings (SSSR count). The average Bonchev–Trinajstić information content (AvgIpc) is 2.64. The van der Waals surface area contributed by atoms with Gasteiger partial charge in [-0.25, -0.2) is 4.98 Å². The quantitative estimate of drug-likeness (QED) is 0.640. The third-order valence-electron chi connectivity index (χ3n) is 3.75. The highest BCUT2D eigenvalue weighted by atomic mass is 35.5. The van der Waals surface area contributed by atoms with Crippen LogP contribution in [-0.4, -0.2) is 24.2 Å². The summed E-state index contributed by atoms with van der Waals surface area (Å²) in [7, 11) is 3.19. The number of nitrogens with zero attached hydrogens (tertiary/aromatic N) is 2. The van der Waals surface area contributed by atoms with Crippen molar-refractivity contribution < 1.29 is 9.47 Å². The summed E-state index contributed by atoms with van der Waals surface area (Å²) in [6, 6.07) is 13.0. The molecule has 26 heavy (non-hydrogen) atoms. The average molecular weight is 371 g/mol. The number of nitrogens with one attached hydrogen (secondary N) is 2. The second kappa shape index (κ2) is 7.93. The first-order valence-electron chi connectivity index (χ1n) is 7.94. The van der Waals surface area contributed by atoms with Crippen LogP contribution in [0.25, 0.3) is 0 Å². The minimum Gasteiger partial charge on any atom is -0.493 e. The lowest BCUT2D eigenvalue weighted by atomic mass is 10.2. The Morgan fingerprint density at radius 1 is 0.923 bits per heavy atom. The van der Waals surface area contributed by atoms with E-state index in [-0.39, 0.29) is 0 Å². The number of hydrogen-bond donors (Lipinski definition) is 2. The van der Waals surface area contributed by atoms with Gasteiger partial charge in [-0.05, 0) is 48.9 Å². The van der Waals surface area contributed by atoms with Crippen LogP contribution >= 0.6 is 11.6 Å². The van der Waals surface area contributed by atoms with E-state index >= 15 is 0 Å². The minimum absolute atomic E-state index is 0.467. The van der Waals surface area contributed by atoms with Crippen LogP contribution in [0.1, 0.15) is 5.56 Å². The van der Waals surface area contributed by atoms with E-state index in [4.69, 9.17) is 21.1 Å². The van der Waals surface area contributed by atoms with Crippen molar-refractivity contribution in [3.63, 3.8) is 0 Å². The van der Waals surface area contributed by atoms with E-state index in [1.165, 1.54) is 0 Å². The standard InChI is InChI=1S/C19H19ClN4O2/c1-12-10-13(20)4-6-15(12)23-18-8-9-21-19(24-18)22-14-5-7-16(25-2)17(11-14)26-3/h4-11H,1-3H3,(H2,21,22,23,24). The summed E-state index contributed by atoms with van der Waals surface area (Å²) in [5.74, 6) is 2.43. The first-order valence-corrected chi connectivity index (χ1v) is 8.32. The number of aryl methyl sites for hydroxylation is 1. The fourth-order valence-corrected chi connectivity index (χ4v) is 2.66. The largest absolute Gasteiger partial charge is 0.493 e. The van der Waals surface area contributed by atoms with E-state index in [2.05, 4.69) is 20.6 Å². The summed E-state index contributed by atoms with van der Waals surface area (Å²) >= 11 is 6.00. The maximum absolute atomic E-state index is 6.00. The highest BCUT2D eigenvalue weighted by molar-refractivity contribution is 6.30. The molecule has 0 aliphatic carbocycles. The van der Waals surface area contributed by atoms with Crippen LogP contribution < -0.4 is 20.1 Å². The van der Waals surface area contributed by atoms with Gasteiger partial charge in [0.05, 0.1) is 14.2 Å². The van der Waals surface area contributed by atoms with Crippen LogP contribution in [0.15, 0.2) is 48.7 Å². The molecule has 0 fully saturated rings. The van der Waals surface area contributed by atoms with Gasteiger partial charge in [0, 0.05) is 28.7 Å². The van der Waals surface area contributed by atoms with E-state index in [0.717, 1.165) is 16.9 Å². The van der Waals surface area contributed by atoms with Gasteiger partial charge in [-0.1, -0.05) is 11.6 Å². The second-order valence-electron chi connectivity index (χ2n) is 5.54. The van der Waals surface area contributed by atoms with Crippen LogP contribution in [0.2, 0.25) is 5.02 Å². The zero-order valence-electron chi connectivity index (χ0n) is 14.7. The van der Waals surface area contributed by atoms with E-state index in [1.807, 2.05) is 43.3 Å². The number of aromatic nitrogens is 2. The maximum Gasteiger partial charge on any atom is 0.229 e. The summed E-state index contributed by atoms with van der Waals surface area (Å²) < 4.78 is 10.6. The van der Waals surface area contributed by atoms with Crippen LogP contribution in [0.3, 0.4) is 0 Å². The van der Waals surface area contributed by atoms with Gasteiger partial charge in [-0.15, -0.1) is 0 Å². The normalized spacial score (nSPS) is 10.3. The predicted octanol–water partition coefficient (Wildman–Crippen LogP) is 4.94. The third-order valence-corrected chi connectivity index (χ3v) is 3.98. The Morgan fingerprint density at radius 3 is 2.46 bits per heavy atom. The minimum atomic E-state index is 0.467. The second-order valence-corrected chi connectivity index (χ2v) is 5.98. The first-order chi connectivity index (χ1) is 12.6. The molecule has 0 aliphatic heterocycles. The molecule has 0 saturated carbocycles. The zero-order valence-corrected chi connectivity index (χ0v) is 15.5. The van der Waals surface area contributed by atoms with Crippen LogP contribution in [0.4, 0.5) is 23.1 Å². The molecule has 6 nitrogen and oxygen atoms in total. The van der Waals surface area contributed by atoms with Crippen LogP contribution in [-0.2, 0) is 0 Å². The molecule has 0 unspecified atom stereocenters. The van der Waals surface area contributed by atoms with Gasteiger partial charge < -0.3 is 20.1 Å². The zero-order chi connectivity index (χ0) is 18.5. The van der Waals surface area contributed by atoms with Gasteiger partial charge in [0.1, 0.15) is 5.82 Å². The molecule has 0 amide bonds. The molecule has 1 heterocycles. The van der Waals surface area contributed by atoms with Crippen molar-refractivity contribution in [3.8, 4) is 11.5 Å². The maximum atomic E-state index is 6.00. The third kappa shape index (κ3) is 4.15. The molecular weight excluding hydrogens is 352 g/mol. The number of hydrogen-bond acceptors (Lipinski definition) is 6. The Labute approximate surface area is 157 Å². The van der Waals surface area contributed by atoms with Gasteiger partial charge in [-0.3, -0.25) is 0 Å². The molecular formula is C19H19ClN4O2. The van der Waals surface area contributed by atoms with Gasteiger partial charge in [0.25, 0.3) is 0 Å². The van der Waals surface area contributed by atoms with Crippen molar-refractivity contribution in [1.82, 2.24) is 9.97 Å². The fraction of sp³-hybridized carbons (Fsp3) is 0.158. The molecule has 0 radical (unpaired) electrons. The lowest BCUT2D eigenvalue weighted by Gasteiger charge is -2.12. The molecule has 7 heteroatoms. The lowest BCUT2D eigenvalue weighted by Crippen LogP contribution is -2.01. The number of methoxy groups -OCH3 is 2. The van der Waals surface area contributed by atoms with Crippen molar-refractivity contribution in [2.24, 2.45) is 0 Å². The molecule has 0 atom stereocenters. The monoisotopic (exact) mass is 370 g/mol. The summed E-state index contributed by atoms with van der Waals surface area (Å²) in [6.07, 6.45) is 1.68. The van der Waals surface area contributed by atoms with Gasteiger partial charge in [0.15, 0.2) is 11.5 Å². The lowest BCUT2D eigenvalue weighted by molar-refractivity contribution is 0.355. The Morgan fingerprint density at radius 2 is 1.73 bits per heavy atom. The van der Waals surface area contributed by atoms with E-state index in [9.17, 15) is 0 Å². The molecule has 134 valence electrons. The summed E-state index contributed by atoms with van der Waals surface area (Å²) in [5.41, 5.74) is 2.76. The van der Waals surface area contributed by atoms with E-state index in [0.29, 0.717) is 28.3 Å². The smallest absolute Gasteiger partial charge is 0.229 e. The van der Waals surface area contributed by atoms with Crippen molar-refractivity contribution in [2.45, 2.75) is 6.92 Å². The fourth-order valence-electron chi connectivity index (χ4n) is 2.44. The van der Waals surface area contributed by atoms with Crippen LogP contribution in [0.5, 0.6) is 11.5 Å². The predicted molar refractivity (Wildman–Crippen MR) is 104 cm³/mol. The van der Waals surface area contributed by atoms with Crippen molar-refractivity contribution in [3.05, 3.63) is 59.2 Å². The topological polar surface area (TPSA) is 68.3 Å². The van der Waals surface area contributed by atoms with Crippen molar-refractivity contribution in [2.75, 3.05) is 24.9 Å². The summed E-state index contributed by atoms with van der Waals surface area (Å²) in [6.45, 7) is 1.98. The molecule has 0 saturated heterocycles. The Hall–Kier alpha value is -2.99. The molecule has 0 aliphatic rings. The highest BCUT2D eigenvalue weighted by Crippen LogP contribution is 2.31. The van der Waals surface area contributed by atoms with Crippen molar-refractivity contribution >= 4 is 34.7 Å². The summed E-state index contributed by atoms with van der Waals surface area (Å²) in [5, 5.41) is 7.13. The van der Waals surface area contributed by atoms with E-state index < -0.39 is 0 Å². The molecule has 2 aromatic carbocycles. The molecule has 2 N–H and O–H groups in total. The number of anilines is 4. The Kier molecular flexibility index (Phi) is 5.43. The summed E-state index contributed by atoms with van der Waals surface area (Å²) in [4.78, 5) is 8.74. The Balaban J connectivity index is 1.79. The number of benzene rings is 2. The first kappa shape index (κ1) is 17.8. The van der Waals surface area contributed by atoms with E-state index in [1.54, 1.807) is 26.5 Å². The van der Waals surface area contributed by atoms with Crippen LogP contribution in [0, 0.1) is 6.92 Å². The van der Waals surface area contributed by atoms with Gasteiger partial charge in [0.2, 0.25) is 5.95 Å². The molecule has 0 spiro atoms. The molecule has 1 aromatic heterocycles. The number of halogens is 1. The van der Waals surface area contributed by atoms with Crippen molar-refractivity contribution in [1.29, 1.82) is 0 Å².